The fourth-order valence-corrected chi connectivity index (χ4v) is 3.30. The van der Waals surface area contributed by atoms with Crippen molar-refractivity contribution < 1.29 is 24.6 Å². The topological polar surface area (TPSA) is 235 Å². The van der Waals surface area contributed by atoms with E-state index in [-0.39, 0.29) is 36.5 Å². The molecule has 3 aromatic rings. The van der Waals surface area contributed by atoms with Crippen molar-refractivity contribution in [2.45, 2.75) is 37.8 Å². The highest BCUT2D eigenvalue weighted by Gasteiger charge is 2.23. The summed E-state index contributed by atoms with van der Waals surface area (Å²) in [6.45, 7) is -0.500. The lowest BCUT2D eigenvalue weighted by Crippen LogP contribution is -2.43. The number of carbonyl (C=O) groups excluding carboxylic acids is 1. The van der Waals surface area contributed by atoms with Crippen LogP contribution in [-0.4, -0.2) is 66.5 Å². The van der Waals surface area contributed by atoms with Crippen LogP contribution in [0.25, 0.3) is 10.9 Å². The Balaban J connectivity index is 0.000000582. The second kappa shape index (κ2) is 12.5. The van der Waals surface area contributed by atoms with Gasteiger partial charge in [0.05, 0.1) is 11.7 Å². The summed E-state index contributed by atoms with van der Waals surface area (Å²) >= 11 is 0. The Kier molecular flexibility index (Phi) is 9.45. The lowest BCUT2D eigenvalue weighted by molar-refractivity contribution is -0.123. The molecular weight excluding hydrogens is 434 g/mol. The van der Waals surface area contributed by atoms with Gasteiger partial charge in [-0.1, -0.05) is 12.8 Å². The number of fused-ring (bicyclic) bond motifs is 1. The van der Waals surface area contributed by atoms with Gasteiger partial charge in [-0.25, -0.2) is 0 Å². The Morgan fingerprint density at radius 3 is 2.52 bits per heavy atom. The van der Waals surface area contributed by atoms with Crippen LogP contribution in [0.2, 0.25) is 0 Å². The van der Waals surface area contributed by atoms with E-state index in [1.165, 1.54) is 0 Å². The highest BCUT2D eigenvalue weighted by Crippen LogP contribution is 2.23. The zero-order valence-electron chi connectivity index (χ0n) is 17.5. The average molecular weight is 459 g/mol. The maximum absolute atomic E-state index is 11.7. The number of H-pyrrole nitrogens is 1. The molecular formula is C19H25N9O5. The molecule has 1 saturated carbocycles. The van der Waals surface area contributed by atoms with Gasteiger partial charge in [-0.15, -0.1) is 10.2 Å². The molecule has 33 heavy (non-hydrogen) atoms. The Bertz CT molecular complexity index is 1070. The van der Waals surface area contributed by atoms with Crippen LogP contribution < -0.4 is 22.1 Å². The summed E-state index contributed by atoms with van der Waals surface area (Å²) in [6.07, 6.45) is 5.85. The lowest BCUT2D eigenvalue weighted by atomic mass is 9.91. The molecule has 0 bridgehead atoms. The maximum atomic E-state index is 11.7. The minimum Gasteiger partial charge on any atom is -0.483 e. The molecule has 1 aliphatic rings. The molecule has 0 saturated heterocycles. The van der Waals surface area contributed by atoms with Crippen LogP contribution >= 0.6 is 0 Å². The molecule has 176 valence electrons. The van der Waals surface area contributed by atoms with Crippen LogP contribution in [0.3, 0.4) is 0 Å². The Labute approximate surface area is 187 Å². The summed E-state index contributed by atoms with van der Waals surface area (Å²) < 4.78 is 0. The van der Waals surface area contributed by atoms with Crippen molar-refractivity contribution in [3.8, 4) is 0 Å². The van der Waals surface area contributed by atoms with Crippen molar-refractivity contribution in [3.05, 3.63) is 30.1 Å². The van der Waals surface area contributed by atoms with Crippen LogP contribution in [0.4, 0.5) is 17.5 Å². The third kappa shape index (κ3) is 7.10. The molecule has 2 aromatic heterocycles. The molecule has 2 heterocycles. The zero-order chi connectivity index (χ0) is 24.2. The summed E-state index contributed by atoms with van der Waals surface area (Å²) in [5.41, 5.74) is 13.2. The predicted molar refractivity (Wildman–Crippen MR) is 119 cm³/mol. The summed E-state index contributed by atoms with van der Waals surface area (Å²) in [5, 5.41) is 35.8. The molecule has 4 rings (SSSR count). The van der Waals surface area contributed by atoms with Crippen molar-refractivity contribution in [1.82, 2.24) is 25.4 Å². The minimum atomic E-state index is -0.706. The largest absolute Gasteiger partial charge is 0.483 e. The van der Waals surface area contributed by atoms with Gasteiger partial charge in [0.2, 0.25) is 5.95 Å². The van der Waals surface area contributed by atoms with E-state index in [0.29, 0.717) is 5.95 Å². The molecule has 0 radical (unpaired) electrons. The first kappa shape index (κ1) is 24.9. The van der Waals surface area contributed by atoms with Crippen LogP contribution in [0.15, 0.2) is 24.4 Å². The number of aromatic nitrogens is 5. The normalized spacial score (nSPS) is 16.9. The van der Waals surface area contributed by atoms with Crippen LogP contribution in [0, 0.1) is 0 Å². The van der Waals surface area contributed by atoms with Crippen molar-refractivity contribution >= 4 is 47.2 Å². The number of amides is 1. The molecule has 1 amide bonds. The number of nitrogens with zero attached hydrogens (tertiary/aromatic N) is 4. The van der Waals surface area contributed by atoms with Gasteiger partial charge in [-0.3, -0.25) is 19.5 Å². The molecule has 9 N–H and O–H groups in total. The highest BCUT2D eigenvalue weighted by molar-refractivity contribution is 5.96. The molecule has 1 aromatic carbocycles. The smallest absolute Gasteiger partial charge is 0.290 e. The number of nitrogens with two attached hydrogens (primary N) is 2. The standard InChI is InChI=1S/C17H21N9O.2CH2O2/c18-11-3-1-2-4-13(11)22-17-23-16(14(15(19)27)25-26-17)21-10-5-6-12-9(7-10)8-20-24-12;2*2-1-3/h5-8,11,13H,1-4,18H2,(H2,19,27)(H,20,24)(H2,21,22,23,26);2*1H,(H,2,3)/t11-,13+;;/m0../s1. The second-order valence-electron chi connectivity index (χ2n) is 6.90. The van der Waals surface area contributed by atoms with E-state index in [9.17, 15) is 4.79 Å². The molecule has 2 atom stereocenters. The van der Waals surface area contributed by atoms with E-state index >= 15 is 0 Å². The number of aromatic amines is 1. The van der Waals surface area contributed by atoms with E-state index in [0.717, 1.165) is 42.3 Å². The number of hydrogen-bond donors (Lipinski definition) is 7. The number of carboxylic acid groups (broad SMARTS) is 2. The summed E-state index contributed by atoms with van der Waals surface area (Å²) in [7, 11) is 0. The van der Waals surface area contributed by atoms with Gasteiger partial charge in [0, 0.05) is 23.2 Å². The molecule has 14 heteroatoms. The number of rotatable bonds is 5. The number of carbonyl (C=O) groups is 3. The van der Waals surface area contributed by atoms with E-state index < -0.39 is 5.91 Å². The van der Waals surface area contributed by atoms with Crippen LogP contribution in [0.5, 0.6) is 0 Å². The number of nitrogens with one attached hydrogen (secondary N) is 3. The quantitative estimate of drug-likeness (QED) is 0.261. The fraction of sp³-hybridized carbons (Fsp3) is 0.316. The summed E-state index contributed by atoms with van der Waals surface area (Å²) in [6, 6.07) is 5.73. The average Bonchev–Trinajstić information content (AvgIpc) is 3.24. The molecule has 1 fully saturated rings. The van der Waals surface area contributed by atoms with Gasteiger partial charge in [0.15, 0.2) is 11.5 Å². The summed E-state index contributed by atoms with van der Waals surface area (Å²) in [4.78, 5) is 32.9. The lowest BCUT2D eigenvalue weighted by Gasteiger charge is -2.29. The van der Waals surface area contributed by atoms with Crippen molar-refractivity contribution in [3.63, 3.8) is 0 Å². The summed E-state index contributed by atoms with van der Waals surface area (Å²) in [5.74, 6) is -0.149. The van der Waals surface area contributed by atoms with Crippen molar-refractivity contribution in [1.29, 1.82) is 0 Å². The van der Waals surface area contributed by atoms with E-state index in [1.807, 2.05) is 18.2 Å². The van der Waals surface area contributed by atoms with E-state index in [4.69, 9.17) is 31.3 Å². The van der Waals surface area contributed by atoms with Crippen molar-refractivity contribution in [2.75, 3.05) is 10.6 Å². The second-order valence-corrected chi connectivity index (χ2v) is 6.90. The molecule has 0 spiro atoms. The first-order valence-electron chi connectivity index (χ1n) is 9.86. The fourth-order valence-electron chi connectivity index (χ4n) is 3.30. The van der Waals surface area contributed by atoms with Gasteiger partial charge >= 0.3 is 0 Å². The minimum absolute atomic E-state index is 0.0271. The van der Waals surface area contributed by atoms with Gasteiger partial charge in [-0.2, -0.15) is 10.1 Å². The number of anilines is 3. The first-order chi connectivity index (χ1) is 15.9. The maximum Gasteiger partial charge on any atom is 0.290 e. The Morgan fingerprint density at radius 2 is 1.85 bits per heavy atom. The van der Waals surface area contributed by atoms with Crippen LogP contribution in [-0.2, 0) is 9.59 Å². The third-order valence-electron chi connectivity index (χ3n) is 4.76. The molecule has 1 aliphatic carbocycles. The van der Waals surface area contributed by atoms with Gasteiger partial charge in [-0.05, 0) is 31.0 Å². The van der Waals surface area contributed by atoms with E-state index in [1.54, 1.807) is 6.20 Å². The molecule has 0 unspecified atom stereocenters. The zero-order valence-corrected chi connectivity index (χ0v) is 17.5. The van der Waals surface area contributed by atoms with Gasteiger partial charge in [0.25, 0.3) is 18.9 Å². The SMILES string of the molecule is NC(=O)c1nnc(N[C@@H]2CCCC[C@@H]2N)nc1Nc1ccc2[nH]ncc2c1.O=CO.O=CO. The van der Waals surface area contributed by atoms with Gasteiger partial charge in [0.1, 0.15) is 0 Å². The molecule has 14 nitrogen and oxygen atoms in total. The monoisotopic (exact) mass is 459 g/mol. The first-order valence-corrected chi connectivity index (χ1v) is 9.86. The number of benzene rings is 1. The molecule has 0 aliphatic heterocycles. The van der Waals surface area contributed by atoms with E-state index in [2.05, 4.69) is 36.0 Å². The highest BCUT2D eigenvalue weighted by atomic mass is 16.3. The Hall–Kier alpha value is -4.33. The Morgan fingerprint density at radius 1 is 1.15 bits per heavy atom. The predicted octanol–water partition coefficient (Wildman–Crippen LogP) is 0.674. The van der Waals surface area contributed by atoms with Crippen molar-refractivity contribution in [2.24, 2.45) is 11.5 Å². The van der Waals surface area contributed by atoms with Gasteiger partial charge < -0.3 is 32.3 Å². The number of hydrogen-bond acceptors (Lipinski definition) is 10. The third-order valence-corrected chi connectivity index (χ3v) is 4.76. The van der Waals surface area contributed by atoms with Crippen LogP contribution in [0.1, 0.15) is 36.2 Å². The number of primary amides is 1.